The summed E-state index contributed by atoms with van der Waals surface area (Å²) in [7, 11) is 0. The van der Waals surface area contributed by atoms with Gasteiger partial charge in [0.15, 0.2) is 17.3 Å². The highest BCUT2D eigenvalue weighted by molar-refractivity contribution is 5.76. The number of nitrogens with one attached hydrogen (secondary N) is 2. The summed E-state index contributed by atoms with van der Waals surface area (Å²) in [6, 6.07) is 0.625. The molecule has 3 N–H and O–H groups in total. The van der Waals surface area contributed by atoms with Gasteiger partial charge in [0.05, 0.1) is 27.7 Å². The number of ether oxygens (including phenoxy) is 1. The number of nitrogens with zero attached hydrogens (tertiary/aromatic N) is 4. The van der Waals surface area contributed by atoms with E-state index in [4.69, 9.17) is 7.48 Å². The molecule has 1 aliphatic heterocycles. The van der Waals surface area contributed by atoms with Crippen molar-refractivity contribution in [3.8, 4) is 0 Å². The second-order valence-electron chi connectivity index (χ2n) is 8.04. The van der Waals surface area contributed by atoms with E-state index in [1.165, 1.54) is 10.8 Å². The number of aromatic nitrogens is 4. The summed E-state index contributed by atoms with van der Waals surface area (Å²) in [6.07, 6.45) is 4.00. The first-order valence-corrected chi connectivity index (χ1v) is 10.4. The van der Waals surface area contributed by atoms with E-state index in [-0.39, 0.29) is 31.1 Å². The standard InChI is InChI=1S/C21H23F3N6O2/c22-11-7-15(23)18(16(24)8-11)28-21-27-17-9-25-20(26-12-1-3-14(31)4-2-12)29-19(17)30(21)13-5-6-32-10-13/h7-9,12-14,31H,1-6,10H2,(H,27,28)(H,25,26,29)/t12?,13-,14?/m0/s1/i6D2. The zero-order chi connectivity index (χ0) is 24.0. The van der Waals surface area contributed by atoms with E-state index in [9.17, 15) is 18.3 Å². The van der Waals surface area contributed by atoms with Crippen molar-refractivity contribution in [3.63, 3.8) is 0 Å². The Balaban J connectivity index is 1.53. The maximum absolute atomic E-state index is 14.3. The number of hydrogen-bond acceptors (Lipinski definition) is 7. The molecule has 1 saturated carbocycles. The molecule has 2 fully saturated rings. The van der Waals surface area contributed by atoms with Gasteiger partial charge in [-0.15, -0.1) is 0 Å². The van der Waals surface area contributed by atoms with Gasteiger partial charge in [0.2, 0.25) is 11.9 Å². The predicted molar refractivity (Wildman–Crippen MR) is 111 cm³/mol. The van der Waals surface area contributed by atoms with Crippen LogP contribution in [-0.4, -0.2) is 49.9 Å². The van der Waals surface area contributed by atoms with Gasteiger partial charge < -0.3 is 20.5 Å². The molecule has 2 aromatic heterocycles. The van der Waals surface area contributed by atoms with Crippen LogP contribution in [0.3, 0.4) is 0 Å². The molecule has 1 atom stereocenters. The van der Waals surface area contributed by atoms with E-state index in [1.54, 1.807) is 0 Å². The molecule has 3 heterocycles. The molecule has 32 heavy (non-hydrogen) atoms. The van der Waals surface area contributed by atoms with E-state index in [0.717, 1.165) is 12.8 Å². The first-order valence-electron chi connectivity index (χ1n) is 11.4. The Morgan fingerprint density at radius 3 is 2.53 bits per heavy atom. The number of halogens is 3. The van der Waals surface area contributed by atoms with Crippen LogP contribution in [0.2, 0.25) is 0 Å². The van der Waals surface area contributed by atoms with Crippen LogP contribution < -0.4 is 10.6 Å². The highest BCUT2D eigenvalue weighted by Gasteiger charge is 2.27. The molecule has 1 saturated heterocycles. The van der Waals surface area contributed by atoms with Crippen LogP contribution in [0.4, 0.5) is 30.8 Å². The summed E-state index contributed by atoms with van der Waals surface area (Å²) in [4.78, 5) is 13.2. The SMILES string of the molecule is [2H]C1([2H])C[C@H](n2c(Nc3c(F)cc(F)cc3F)nc3cnc(NC4CCC(O)CC4)nc32)CO1. The molecular weight excluding hydrogens is 425 g/mol. The lowest BCUT2D eigenvalue weighted by atomic mass is 9.93. The van der Waals surface area contributed by atoms with E-state index in [1.807, 2.05) is 0 Å². The highest BCUT2D eigenvalue weighted by atomic mass is 19.1. The number of benzene rings is 1. The van der Waals surface area contributed by atoms with Crippen molar-refractivity contribution in [1.82, 2.24) is 19.5 Å². The van der Waals surface area contributed by atoms with Crippen LogP contribution in [-0.2, 0) is 4.74 Å². The van der Waals surface area contributed by atoms with Crippen LogP contribution in [0.1, 0.15) is 40.9 Å². The van der Waals surface area contributed by atoms with Gasteiger partial charge in [0.25, 0.3) is 0 Å². The van der Waals surface area contributed by atoms with Crippen molar-refractivity contribution in [2.45, 2.75) is 50.3 Å². The summed E-state index contributed by atoms with van der Waals surface area (Å²) < 4.78 is 64.6. The Labute approximate surface area is 184 Å². The first-order chi connectivity index (χ1) is 16.2. The molecule has 5 rings (SSSR count). The van der Waals surface area contributed by atoms with Crippen LogP contribution in [0.5, 0.6) is 0 Å². The number of fused-ring (bicyclic) bond motifs is 1. The van der Waals surface area contributed by atoms with Gasteiger partial charge in [-0.05, 0) is 32.1 Å². The molecule has 2 aliphatic rings. The lowest BCUT2D eigenvalue weighted by molar-refractivity contribution is 0.126. The molecule has 1 aliphatic carbocycles. The molecule has 170 valence electrons. The first kappa shape index (κ1) is 18.6. The van der Waals surface area contributed by atoms with E-state index in [0.29, 0.717) is 42.1 Å². The number of aliphatic hydroxyl groups excluding tert-OH is 1. The van der Waals surface area contributed by atoms with Crippen LogP contribution in [0.15, 0.2) is 18.3 Å². The van der Waals surface area contributed by atoms with Crippen molar-refractivity contribution >= 4 is 28.7 Å². The second-order valence-corrected chi connectivity index (χ2v) is 8.04. The number of anilines is 3. The number of imidazole rings is 1. The number of hydrogen-bond donors (Lipinski definition) is 3. The maximum atomic E-state index is 14.3. The lowest BCUT2D eigenvalue weighted by Gasteiger charge is -2.26. The van der Waals surface area contributed by atoms with Crippen LogP contribution in [0, 0.1) is 17.5 Å². The minimum absolute atomic E-state index is 0.00190. The molecule has 0 radical (unpaired) electrons. The third-order valence-corrected chi connectivity index (χ3v) is 5.77. The van der Waals surface area contributed by atoms with Gasteiger partial charge in [0, 0.05) is 24.7 Å². The summed E-state index contributed by atoms with van der Waals surface area (Å²) in [5.74, 6) is -3.01. The normalized spacial score (nSPS) is 26.1. The Kier molecular flexibility index (Phi) is 4.98. The number of aliphatic hydroxyl groups is 1. The van der Waals surface area contributed by atoms with Crippen LogP contribution >= 0.6 is 0 Å². The molecular formula is C21H23F3N6O2. The highest BCUT2D eigenvalue weighted by Crippen LogP contribution is 2.32. The van der Waals surface area contributed by atoms with Gasteiger partial charge in [0.1, 0.15) is 17.0 Å². The average molecular weight is 450 g/mol. The van der Waals surface area contributed by atoms with Gasteiger partial charge >= 0.3 is 0 Å². The second kappa shape index (κ2) is 8.55. The summed E-state index contributed by atoms with van der Waals surface area (Å²) in [6.45, 7) is -1.89. The minimum atomic E-state index is -1.89. The molecule has 3 aromatic rings. The molecule has 1 aromatic carbocycles. The van der Waals surface area contributed by atoms with E-state index < -0.39 is 35.7 Å². The molecule has 0 unspecified atom stereocenters. The Morgan fingerprint density at radius 2 is 1.84 bits per heavy atom. The smallest absolute Gasteiger partial charge is 0.224 e. The lowest BCUT2D eigenvalue weighted by Crippen LogP contribution is -2.29. The average Bonchev–Trinajstić information content (AvgIpc) is 3.30. The zero-order valence-electron chi connectivity index (χ0n) is 19.0. The molecule has 0 spiro atoms. The summed E-state index contributed by atoms with van der Waals surface area (Å²) in [5, 5.41) is 15.5. The van der Waals surface area contributed by atoms with Gasteiger partial charge in [-0.2, -0.15) is 4.98 Å². The van der Waals surface area contributed by atoms with Gasteiger partial charge in [-0.3, -0.25) is 4.57 Å². The van der Waals surface area contributed by atoms with Crippen molar-refractivity contribution in [1.29, 1.82) is 0 Å². The fourth-order valence-corrected chi connectivity index (χ4v) is 4.11. The van der Waals surface area contributed by atoms with E-state index >= 15 is 0 Å². The Bertz CT molecular complexity index is 1200. The zero-order valence-corrected chi connectivity index (χ0v) is 17.0. The molecule has 8 nitrogen and oxygen atoms in total. The van der Waals surface area contributed by atoms with Gasteiger partial charge in [-0.1, -0.05) is 0 Å². The quantitative estimate of drug-likeness (QED) is 0.546. The summed E-state index contributed by atoms with van der Waals surface area (Å²) >= 11 is 0. The van der Waals surface area contributed by atoms with Crippen molar-refractivity contribution in [2.75, 3.05) is 23.8 Å². The van der Waals surface area contributed by atoms with Crippen LogP contribution in [0.25, 0.3) is 11.2 Å². The van der Waals surface area contributed by atoms with Crippen molar-refractivity contribution in [2.24, 2.45) is 0 Å². The third-order valence-electron chi connectivity index (χ3n) is 5.77. The Morgan fingerprint density at radius 1 is 1.09 bits per heavy atom. The third kappa shape index (κ3) is 4.09. The topological polar surface area (TPSA) is 97.1 Å². The Hall–Kier alpha value is -2.92. The number of rotatable bonds is 5. The monoisotopic (exact) mass is 450 g/mol. The van der Waals surface area contributed by atoms with Crippen molar-refractivity contribution < 1.29 is 25.8 Å². The summed E-state index contributed by atoms with van der Waals surface area (Å²) in [5.41, 5.74) is 0.0551. The predicted octanol–water partition coefficient (Wildman–Crippen LogP) is 3.66. The minimum Gasteiger partial charge on any atom is -0.393 e. The fraction of sp³-hybridized carbons (Fsp3) is 0.476. The molecule has 0 bridgehead atoms. The van der Waals surface area contributed by atoms with Crippen molar-refractivity contribution in [3.05, 3.63) is 35.8 Å². The maximum Gasteiger partial charge on any atom is 0.224 e. The van der Waals surface area contributed by atoms with Gasteiger partial charge in [-0.25, -0.2) is 23.1 Å². The van der Waals surface area contributed by atoms with E-state index in [2.05, 4.69) is 25.6 Å². The fourth-order valence-electron chi connectivity index (χ4n) is 4.11. The molecule has 0 amide bonds. The molecule has 11 heteroatoms. The largest absolute Gasteiger partial charge is 0.393 e.